The fourth-order valence-corrected chi connectivity index (χ4v) is 4.39. The molecule has 3 nitrogen and oxygen atoms in total. The first-order valence-corrected chi connectivity index (χ1v) is 8.28. The van der Waals surface area contributed by atoms with Crippen LogP contribution in [0.1, 0.15) is 44.6 Å². The Balaban J connectivity index is 1.74. The summed E-state index contributed by atoms with van der Waals surface area (Å²) in [5.74, 6) is 0.656. The van der Waals surface area contributed by atoms with Gasteiger partial charge in [-0.25, -0.2) is 0 Å². The molecule has 3 unspecified atom stereocenters. The summed E-state index contributed by atoms with van der Waals surface area (Å²) in [6.45, 7) is 7.42. The van der Waals surface area contributed by atoms with Gasteiger partial charge in [0.1, 0.15) is 0 Å². The Hall–Kier alpha value is -0.900. The third kappa shape index (κ3) is 3.01. The summed E-state index contributed by atoms with van der Waals surface area (Å²) < 4.78 is 5.93. The van der Waals surface area contributed by atoms with Gasteiger partial charge in [0.15, 0.2) is 0 Å². The monoisotopic (exact) mass is 288 g/mol. The molecule has 0 radical (unpaired) electrons. The van der Waals surface area contributed by atoms with Gasteiger partial charge < -0.3 is 10.5 Å². The molecule has 0 saturated carbocycles. The van der Waals surface area contributed by atoms with Crippen molar-refractivity contribution in [2.45, 2.75) is 56.8 Å². The van der Waals surface area contributed by atoms with Crippen molar-refractivity contribution >= 4 is 0 Å². The number of hydrogen-bond donors (Lipinski definition) is 1. The van der Waals surface area contributed by atoms with Gasteiger partial charge in [-0.3, -0.25) is 4.90 Å². The number of benzene rings is 1. The van der Waals surface area contributed by atoms with E-state index in [4.69, 9.17) is 10.5 Å². The van der Waals surface area contributed by atoms with Crippen LogP contribution in [0.15, 0.2) is 30.3 Å². The van der Waals surface area contributed by atoms with Crippen molar-refractivity contribution in [2.24, 2.45) is 5.73 Å². The van der Waals surface area contributed by atoms with Crippen LogP contribution in [-0.4, -0.2) is 42.3 Å². The minimum absolute atomic E-state index is 0.139. The third-order valence-corrected chi connectivity index (χ3v) is 5.31. The van der Waals surface area contributed by atoms with E-state index in [0.717, 1.165) is 32.5 Å². The third-order valence-electron chi connectivity index (χ3n) is 5.31. The van der Waals surface area contributed by atoms with Crippen LogP contribution in [0, 0.1) is 0 Å². The second-order valence-electron chi connectivity index (χ2n) is 6.94. The predicted octanol–water partition coefficient (Wildman–Crippen LogP) is 2.76. The Labute approximate surface area is 128 Å². The second-order valence-corrected chi connectivity index (χ2v) is 6.94. The van der Waals surface area contributed by atoms with Crippen molar-refractivity contribution in [1.29, 1.82) is 0 Å². The number of likely N-dealkylation sites (tertiary alicyclic amines) is 1. The van der Waals surface area contributed by atoms with Crippen LogP contribution >= 0.6 is 0 Å². The lowest BCUT2D eigenvalue weighted by atomic mass is 9.82. The van der Waals surface area contributed by atoms with E-state index < -0.39 is 0 Å². The molecule has 21 heavy (non-hydrogen) atoms. The minimum Gasteiger partial charge on any atom is -0.375 e. The summed E-state index contributed by atoms with van der Waals surface area (Å²) in [6.07, 6.45) is 4.00. The Morgan fingerprint density at radius 3 is 2.48 bits per heavy atom. The van der Waals surface area contributed by atoms with Crippen molar-refractivity contribution in [1.82, 2.24) is 4.90 Å². The van der Waals surface area contributed by atoms with E-state index in [-0.39, 0.29) is 5.54 Å². The Morgan fingerprint density at radius 2 is 1.86 bits per heavy atom. The largest absolute Gasteiger partial charge is 0.375 e. The Bertz CT molecular complexity index is 452. The smallest absolute Gasteiger partial charge is 0.0568 e. The fourth-order valence-electron chi connectivity index (χ4n) is 4.39. The van der Waals surface area contributed by atoms with Crippen LogP contribution in [0.3, 0.4) is 0 Å². The van der Waals surface area contributed by atoms with Crippen LogP contribution in [-0.2, 0) is 4.74 Å². The van der Waals surface area contributed by atoms with Crippen molar-refractivity contribution in [2.75, 3.05) is 19.6 Å². The Kier molecular flexibility index (Phi) is 4.34. The van der Waals surface area contributed by atoms with Gasteiger partial charge in [-0.15, -0.1) is 0 Å². The topological polar surface area (TPSA) is 38.5 Å². The van der Waals surface area contributed by atoms with Crippen LogP contribution in [0.4, 0.5) is 0 Å². The number of rotatable bonds is 3. The van der Waals surface area contributed by atoms with E-state index in [2.05, 4.69) is 49.1 Å². The molecule has 3 heteroatoms. The summed E-state index contributed by atoms with van der Waals surface area (Å²) in [7, 11) is 0. The SMILES string of the molecule is CC1CC(CN)(N2CCC(c3ccccc3)C2)CC(C)O1. The average molecular weight is 288 g/mol. The molecule has 2 fully saturated rings. The van der Waals surface area contributed by atoms with Crippen LogP contribution < -0.4 is 5.73 Å². The van der Waals surface area contributed by atoms with Gasteiger partial charge >= 0.3 is 0 Å². The molecular formula is C18H28N2O. The standard InChI is InChI=1S/C18H28N2O/c1-14-10-18(13-19,11-15(2)21-14)20-9-8-17(12-20)16-6-4-3-5-7-16/h3-7,14-15,17H,8-13,19H2,1-2H3. The lowest BCUT2D eigenvalue weighted by Crippen LogP contribution is -2.59. The molecule has 3 atom stereocenters. The van der Waals surface area contributed by atoms with E-state index in [0.29, 0.717) is 18.1 Å². The highest BCUT2D eigenvalue weighted by Gasteiger charge is 2.44. The summed E-state index contributed by atoms with van der Waals surface area (Å²) in [6, 6.07) is 10.9. The van der Waals surface area contributed by atoms with Crippen molar-refractivity contribution in [3.05, 3.63) is 35.9 Å². The number of nitrogens with two attached hydrogens (primary N) is 1. The maximum atomic E-state index is 6.23. The minimum atomic E-state index is 0.139. The van der Waals surface area contributed by atoms with Gasteiger partial charge in [0.05, 0.1) is 12.2 Å². The lowest BCUT2D eigenvalue weighted by molar-refractivity contribution is -0.0984. The van der Waals surface area contributed by atoms with Crippen molar-refractivity contribution < 1.29 is 4.74 Å². The summed E-state index contributed by atoms with van der Waals surface area (Å²) >= 11 is 0. The number of hydrogen-bond acceptors (Lipinski definition) is 3. The normalized spacial score (nSPS) is 37.8. The molecule has 0 aromatic heterocycles. The highest BCUT2D eigenvalue weighted by molar-refractivity contribution is 5.21. The molecule has 0 aliphatic carbocycles. The molecular weight excluding hydrogens is 260 g/mol. The van der Waals surface area contributed by atoms with Gasteiger partial charge in [-0.1, -0.05) is 30.3 Å². The zero-order valence-electron chi connectivity index (χ0n) is 13.3. The lowest BCUT2D eigenvalue weighted by Gasteiger charge is -2.48. The first kappa shape index (κ1) is 15.0. The summed E-state index contributed by atoms with van der Waals surface area (Å²) in [5.41, 5.74) is 7.84. The van der Waals surface area contributed by atoms with Gasteiger partial charge in [0, 0.05) is 18.6 Å². The van der Waals surface area contributed by atoms with Gasteiger partial charge in [0.25, 0.3) is 0 Å². The quantitative estimate of drug-likeness (QED) is 0.929. The van der Waals surface area contributed by atoms with Crippen molar-refractivity contribution in [3.63, 3.8) is 0 Å². The molecule has 2 aliphatic heterocycles. The highest BCUT2D eigenvalue weighted by atomic mass is 16.5. The molecule has 1 aromatic carbocycles. The molecule has 3 rings (SSSR count). The van der Waals surface area contributed by atoms with E-state index >= 15 is 0 Å². The van der Waals surface area contributed by atoms with E-state index in [9.17, 15) is 0 Å². The summed E-state index contributed by atoms with van der Waals surface area (Å²) in [5, 5.41) is 0. The van der Waals surface area contributed by atoms with Gasteiger partial charge in [0.2, 0.25) is 0 Å². The number of nitrogens with zero attached hydrogens (tertiary/aromatic N) is 1. The molecule has 2 heterocycles. The maximum absolute atomic E-state index is 6.23. The van der Waals surface area contributed by atoms with Crippen LogP contribution in [0.2, 0.25) is 0 Å². The van der Waals surface area contributed by atoms with Crippen LogP contribution in [0.5, 0.6) is 0 Å². The fraction of sp³-hybridized carbons (Fsp3) is 0.667. The van der Waals surface area contributed by atoms with E-state index in [1.807, 2.05) is 0 Å². The zero-order chi connectivity index (χ0) is 14.9. The first-order chi connectivity index (χ1) is 10.1. The summed E-state index contributed by atoms with van der Waals surface area (Å²) in [4.78, 5) is 2.65. The van der Waals surface area contributed by atoms with E-state index in [1.54, 1.807) is 0 Å². The highest BCUT2D eigenvalue weighted by Crippen LogP contribution is 2.39. The second kappa shape index (κ2) is 6.07. The first-order valence-electron chi connectivity index (χ1n) is 8.28. The molecule has 2 N–H and O–H groups in total. The molecule has 1 aromatic rings. The zero-order valence-corrected chi connectivity index (χ0v) is 13.3. The molecule has 2 aliphatic rings. The molecule has 2 saturated heterocycles. The van der Waals surface area contributed by atoms with Crippen molar-refractivity contribution in [3.8, 4) is 0 Å². The molecule has 0 spiro atoms. The molecule has 116 valence electrons. The van der Waals surface area contributed by atoms with Gasteiger partial charge in [-0.2, -0.15) is 0 Å². The average Bonchev–Trinajstić information content (AvgIpc) is 2.97. The predicted molar refractivity (Wildman–Crippen MR) is 86.4 cm³/mol. The van der Waals surface area contributed by atoms with Gasteiger partial charge in [-0.05, 0) is 51.1 Å². The Morgan fingerprint density at radius 1 is 1.19 bits per heavy atom. The maximum Gasteiger partial charge on any atom is 0.0568 e. The van der Waals surface area contributed by atoms with E-state index in [1.165, 1.54) is 12.0 Å². The molecule has 0 bridgehead atoms. The number of ether oxygens (including phenoxy) is 1. The molecule has 0 amide bonds. The van der Waals surface area contributed by atoms with Crippen LogP contribution in [0.25, 0.3) is 0 Å².